The van der Waals surface area contributed by atoms with Gasteiger partial charge in [-0.25, -0.2) is 0 Å². The summed E-state index contributed by atoms with van der Waals surface area (Å²) >= 11 is 0. The van der Waals surface area contributed by atoms with Crippen LogP contribution < -0.4 is 5.32 Å². The van der Waals surface area contributed by atoms with Crippen molar-refractivity contribution in [2.75, 3.05) is 20.3 Å². The van der Waals surface area contributed by atoms with E-state index in [4.69, 9.17) is 4.74 Å². The van der Waals surface area contributed by atoms with Gasteiger partial charge in [-0.05, 0) is 32.1 Å². The lowest BCUT2D eigenvalue weighted by atomic mass is 9.79. The van der Waals surface area contributed by atoms with E-state index in [1.165, 1.54) is 6.42 Å². The summed E-state index contributed by atoms with van der Waals surface area (Å²) < 4.78 is 5.04. The molecule has 0 aromatic heterocycles. The van der Waals surface area contributed by atoms with Gasteiger partial charge in [-0.1, -0.05) is 19.8 Å². The van der Waals surface area contributed by atoms with Gasteiger partial charge in [0, 0.05) is 26.3 Å². The molecule has 1 aliphatic rings. The number of methoxy groups -OCH3 is 1. The molecule has 0 amide bonds. The topological polar surface area (TPSA) is 41.5 Å². The maximum atomic E-state index is 10.4. The lowest BCUT2D eigenvalue weighted by molar-refractivity contribution is -0.0139. The van der Waals surface area contributed by atoms with Gasteiger partial charge in [0.2, 0.25) is 0 Å². The minimum absolute atomic E-state index is 0.418. The summed E-state index contributed by atoms with van der Waals surface area (Å²) in [6.07, 6.45) is 5.31. The van der Waals surface area contributed by atoms with E-state index in [0.29, 0.717) is 12.0 Å². The molecular formula is C13H27NO2. The van der Waals surface area contributed by atoms with Crippen LogP contribution in [0.4, 0.5) is 0 Å². The number of hydrogen-bond acceptors (Lipinski definition) is 3. The standard InChI is InChI=1S/C13H27NO2/c1-11-5-4-7-13(15,9-11)10-14-12(2)6-8-16-3/h11-12,14-15H,4-10H2,1-3H3. The molecule has 3 heteroatoms. The average molecular weight is 229 g/mol. The Bertz CT molecular complexity index is 198. The Hall–Kier alpha value is -0.120. The fourth-order valence-corrected chi connectivity index (χ4v) is 2.55. The van der Waals surface area contributed by atoms with E-state index in [9.17, 15) is 5.11 Å². The van der Waals surface area contributed by atoms with Crippen molar-refractivity contribution in [3.8, 4) is 0 Å². The Morgan fingerprint density at radius 2 is 2.31 bits per heavy atom. The van der Waals surface area contributed by atoms with Crippen molar-refractivity contribution in [1.29, 1.82) is 0 Å². The molecule has 3 nitrogen and oxygen atoms in total. The summed E-state index contributed by atoms with van der Waals surface area (Å²) in [6, 6.07) is 0.418. The zero-order valence-corrected chi connectivity index (χ0v) is 11.0. The third-order valence-electron chi connectivity index (χ3n) is 3.60. The summed E-state index contributed by atoms with van der Waals surface area (Å²) in [7, 11) is 1.73. The van der Waals surface area contributed by atoms with Gasteiger partial charge in [0.15, 0.2) is 0 Å². The molecule has 0 aromatic carbocycles. The molecule has 1 fully saturated rings. The Labute approximate surface area is 99.6 Å². The van der Waals surface area contributed by atoms with Gasteiger partial charge in [0.1, 0.15) is 0 Å². The van der Waals surface area contributed by atoms with E-state index in [1.54, 1.807) is 7.11 Å². The van der Waals surface area contributed by atoms with Crippen molar-refractivity contribution < 1.29 is 9.84 Å². The van der Waals surface area contributed by atoms with E-state index in [2.05, 4.69) is 19.2 Å². The van der Waals surface area contributed by atoms with Gasteiger partial charge in [0.25, 0.3) is 0 Å². The monoisotopic (exact) mass is 229 g/mol. The van der Waals surface area contributed by atoms with Crippen LogP contribution in [0.1, 0.15) is 46.0 Å². The highest BCUT2D eigenvalue weighted by atomic mass is 16.5. The van der Waals surface area contributed by atoms with Crippen LogP contribution in [0.3, 0.4) is 0 Å². The molecule has 0 radical (unpaired) electrons. The van der Waals surface area contributed by atoms with Crippen molar-refractivity contribution in [3.05, 3.63) is 0 Å². The summed E-state index contributed by atoms with van der Waals surface area (Å²) in [5.41, 5.74) is -0.473. The fourth-order valence-electron chi connectivity index (χ4n) is 2.55. The van der Waals surface area contributed by atoms with Gasteiger partial charge >= 0.3 is 0 Å². The van der Waals surface area contributed by atoms with E-state index in [0.717, 1.165) is 38.8 Å². The molecule has 3 unspecified atom stereocenters. The Balaban J connectivity index is 2.24. The molecule has 96 valence electrons. The van der Waals surface area contributed by atoms with Crippen LogP contribution in [-0.2, 0) is 4.74 Å². The normalized spacial score (nSPS) is 32.6. The van der Waals surface area contributed by atoms with Gasteiger partial charge in [-0.3, -0.25) is 0 Å². The lowest BCUT2D eigenvalue weighted by Crippen LogP contribution is -2.46. The molecule has 0 aromatic rings. The van der Waals surface area contributed by atoms with Crippen molar-refractivity contribution in [2.45, 2.75) is 57.6 Å². The van der Waals surface area contributed by atoms with Crippen LogP contribution in [0.15, 0.2) is 0 Å². The maximum Gasteiger partial charge on any atom is 0.0774 e. The Morgan fingerprint density at radius 1 is 1.56 bits per heavy atom. The molecule has 0 aliphatic heterocycles. The highest BCUT2D eigenvalue weighted by Crippen LogP contribution is 2.31. The number of aliphatic hydroxyl groups is 1. The van der Waals surface area contributed by atoms with E-state index in [1.807, 2.05) is 0 Å². The zero-order chi connectivity index (χ0) is 12.0. The third kappa shape index (κ3) is 4.81. The van der Waals surface area contributed by atoms with Crippen LogP contribution in [0.2, 0.25) is 0 Å². The molecule has 3 atom stereocenters. The second kappa shape index (κ2) is 6.58. The van der Waals surface area contributed by atoms with E-state index < -0.39 is 5.60 Å². The van der Waals surface area contributed by atoms with Gasteiger partial charge in [-0.2, -0.15) is 0 Å². The van der Waals surface area contributed by atoms with Crippen molar-refractivity contribution in [2.24, 2.45) is 5.92 Å². The van der Waals surface area contributed by atoms with Crippen molar-refractivity contribution >= 4 is 0 Å². The highest BCUT2D eigenvalue weighted by Gasteiger charge is 2.32. The van der Waals surface area contributed by atoms with Crippen LogP contribution in [0.25, 0.3) is 0 Å². The first-order chi connectivity index (χ1) is 7.56. The lowest BCUT2D eigenvalue weighted by Gasteiger charge is -2.36. The highest BCUT2D eigenvalue weighted by molar-refractivity contribution is 4.87. The largest absolute Gasteiger partial charge is 0.389 e. The molecule has 1 saturated carbocycles. The number of rotatable bonds is 6. The van der Waals surface area contributed by atoms with Gasteiger partial charge in [0.05, 0.1) is 5.60 Å². The van der Waals surface area contributed by atoms with Crippen LogP contribution in [0.5, 0.6) is 0 Å². The predicted molar refractivity (Wildman–Crippen MR) is 66.5 cm³/mol. The summed E-state index contributed by atoms with van der Waals surface area (Å²) in [5, 5.41) is 13.8. The molecule has 1 aliphatic carbocycles. The summed E-state index contributed by atoms with van der Waals surface area (Å²) in [4.78, 5) is 0. The summed E-state index contributed by atoms with van der Waals surface area (Å²) in [6.45, 7) is 5.89. The molecule has 0 spiro atoms. The first kappa shape index (κ1) is 13.9. The van der Waals surface area contributed by atoms with E-state index in [-0.39, 0.29) is 0 Å². The van der Waals surface area contributed by atoms with Crippen LogP contribution in [-0.4, -0.2) is 37.0 Å². The fraction of sp³-hybridized carbons (Fsp3) is 1.00. The van der Waals surface area contributed by atoms with E-state index >= 15 is 0 Å². The minimum atomic E-state index is -0.473. The SMILES string of the molecule is COCCC(C)NCC1(O)CCCC(C)C1. The maximum absolute atomic E-state index is 10.4. The first-order valence-corrected chi connectivity index (χ1v) is 6.50. The molecule has 1 rings (SSSR count). The Morgan fingerprint density at radius 3 is 2.94 bits per heavy atom. The number of nitrogens with one attached hydrogen (secondary N) is 1. The predicted octanol–water partition coefficient (Wildman–Crippen LogP) is 1.94. The Kier molecular flexibility index (Phi) is 5.73. The second-order valence-electron chi connectivity index (χ2n) is 5.49. The quantitative estimate of drug-likeness (QED) is 0.731. The minimum Gasteiger partial charge on any atom is -0.389 e. The molecule has 2 N–H and O–H groups in total. The van der Waals surface area contributed by atoms with Gasteiger partial charge < -0.3 is 15.2 Å². The molecule has 16 heavy (non-hydrogen) atoms. The second-order valence-corrected chi connectivity index (χ2v) is 5.49. The van der Waals surface area contributed by atoms with Crippen molar-refractivity contribution in [3.63, 3.8) is 0 Å². The first-order valence-electron chi connectivity index (χ1n) is 6.50. The summed E-state index contributed by atoms with van der Waals surface area (Å²) in [5.74, 6) is 0.662. The molecule has 0 heterocycles. The number of hydrogen-bond donors (Lipinski definition) is 2. The van der Waals surface area contributed by atoms with Crippen LogP contribution >= 0.6 is 0 Å². The number of ether oxygens (including phenoxy) is 1. The molecule has 0 bridgehead atoms. The molecular weight excluding hydrogens is 202 g/mol. The van der Waals surface area contributed by atoms with Crippen molar-refractivity contribution in [1.82, 2.24) is 5.32 Å². The van der Waals surface area contributed by atoms with Gasteiger partial charge in [-0.15, -0.1) is 0 Å². The zero-order valence-electron chi connectivity index (χ0n) is 11.0. The average Bonchev–Trinajstić information content (AvgIpc) is 2.23. The smallest absolute Gasteiger partial charge is 0.0774 e. The third-order valence-corrected chi connectivity index (χ3v) is 3.60. The van der Waals surface area contributed by atoms with Crippen LogP contribution in [0, 0.1) is 5.92 Å². The molecule has 0 saturated heterocycles.